The molecule has 12 N–H and O–H groups in total. The SMILES string of the molecule is NCCCC[C@H](NC(=O)[C@H](Cc1ccccc1)NC(=O)CCC/C=C/CCCC(=O)N[C@@H](Cc1ccccc1)C(=O)N[C@@H](CCCCN)C(N)=O)C(N)=O. The highest BCUT2D eigenvalue weighted by Gasteiger charge is 2.27. The molecule has 0 bridgehead atoms. The van der Waals surface area contributed by atoms with Crippen molar-refractivity contribution in [3.8, 4) is 0 Å². The fourth-order valence-electron chi connectivity index (χ4n) is 5.75. The van der Waals surface area contributed by atoms with Crippen molar-refractivity contribution in [2.45, 2.75) is 114 Å². The van der Waals surface area contributed by atoms with E-state index in [0.717, 1.165) is 11.1 Å². The summed E-state index contributed by atoms with van der Waals surface area (Å²) in [6, 6.07) is 15.1. The molecule has 2 aromatic rings. The average Bonchev–Trinajstić information content (AvgIpc) is 3.15. The van der Waals surface area contributed by atoms with Crippen LogP contribution in [0.3, 0.4) is 0 Å². The predicted molar refractivity (Wildman–Crippen MR) is 209 cm³/mol. The van der Waals surface area contributed by atoms with E-state index < -0.39 is 47.8 Å². The Morgan fingerprint density at radius 1 is 0.500 bits per heavy atom. The molecule has 0 aliphatic carbocycles. The smallest absolute Gasteiger partial charge is 0.243 e. The number of hydrogen-bond donors (Lipinski definition) is 8. The largest absolute Gasteiger partial charge is 0.368 e. The van der Waals surface area contributed by atoms with Crippen molar-refractivity contribution >= 4 is 35.4 Å². The number of nitrogens with two attached hydrogens (primary N) is 4. The molecule has 2 rings (SSSR count). The van der Waals surface area contributed by atoms with E-state index in [1.807, 2.05) is 72.8 Å². The normalized spacial score (nSPS) is 13.3. The van der Waals surface area contributed by atoms with Crippen LogP contribution in [-0.2, 0) is 41.6 Å². The maximum Gasteiger partial charge on any atom is 0.243 e. The average molecular weight is 749 g/mol. The fraction of sp³-hybridized carbons (Fsp3) is 0.500. The van der Waals surface area contributed by atoms with Crippen molar-refractivity contribution in [1.29, 1.82) is 0 Å². The molecule has 0 saturated heterocycles. The Kier molecular flexibility index (Phi) is 22.2. The van der Waals surface area contributed by atoms with Crippen LogP contribution in [0.2, 0.25) is 0 Å². The van der Waals surface area contributed by atoms with Crippen LogP contribution in [0.1, 0.15) is 88.2 Å². The van der Waals surface area contributed by atoms with E-state index in [9.17, 15) is 28.8 Å². The van der Waals surface area contributed by atoms with Gasteiger partial charge in [0.05, 0.1) is 0 Å². The van der Waals surface area contributed by atoms with Crippen molar-refractivity contribution < 1.29 is 28.8 Å². The quantitative estimate of drug-likeness (QED) is 0.0467. The molecule has 296 valence electrons. The lowest BCUT2D eigenvalue weighted by Gasteiger charge is -2.22. The zero-order chi connectivity index (χ0) is 39.6. The Morgan fingerprint density at radius 2 is 0.870 bits per heavy atom. The highest BCUT2D eigenvalue weighted by Crippen LogP contribution is 2.09. The maximum atomic E-state index is 13.2. The van der Waals surface area contributed by atoms with E-state index in [1.54, 1.807) is 0 Å². The molecule has 0 spiro atoms. The number of unbranched alkanes of at least 4 members (excludes halogenated alkanes) is 4. The topological polar surface area (TPSA) is 255 Å². The third kappa shape index (κ3) is 19.1. The van der Waals surface area contributed by atoms with E-state index in [1.165, 1.54) is 0 Å². The standard InChI is InChI=1S/C40H60N8O6/c41-25-15-13-21-31(37(43)51)47-39(53)33(27-29-17-7-5-8-18-29)45-35(49)23-11-3-1-2-4-12-24-36(50)46-34(28-30-19-9-6-10-20-30)40(54)48-32(38(44)52)22-14-16-26-42/h1-2,5-10,17-20,31-34H,3-4,11-16,21-28,41-42H2,(H2,43,51)(H2,44,52)(H,45,49)(H,46,50)(H,47,53)(H,48,54)/b2-1+/t31-,32-,33-,34-/m0/s1. The Balaban J connectivity index is 1.84. The highest BCUT2D eigenvalue weighted by molar-refractivity contribution is 5.92. The lowest BCUT2D eigenvalue weighted by atomic mass is 10.0. The van der Waals surface area contributed by atoms with Crippen LogP contribution in [0.15, 0.2) is 72.8 Å². The predicted octanol–water partition coefficient (Wildman–Crippen LogP) is 1.54. The van der Waals surface area contributed by atoms with Gasteiger partial charge in [-0.2, -0.15) is 0 Å². The third-order valence-corrected chi connectivity index (χ3v) is 8.80. The molecule has 0 fully saturated rings. The molecule has 0 saturated carbocycles. The van der Waals surface area contributed by atoms with Crippen molar-refractivity contribution in [2.75, 3.05) is 13.1 Å². The molecular weight excluding hydrogens is 688 g/mol. The molecule has 0 radical (unpaired) electrons. The number of carbonyl (C=O) groups excluding carboxylic acids is 6. The minimum Gasteiger partial charge on any atom is -0.368 e. The first-order valence-corrected chi connectivity index (χ1v) is 18.9. The van der Waals surface area contributed by atoms with Crippen LogP contribution in [-0.4, -0.2) is 72.7 Å². The van der Waals surface area contributed by atoms with Gasteiger partial charge in [-0.1, -0.05) is 72.8 Å². The summed E-state index contributed by atoms with van der Waals surface area (Å²) >= 11 is 0. The molecule has 0 heterocycles. The first kappa shape index (κ1) is 45.1. The zero-order valence-electron chi connectivity index (χ0n) is 31.3. The van der Waals surface area contributed by atoms with Gasteiger partial charge in [0.15, 0.2) is 0 Å². The van der Waals surface area contributed by atoms with Crippen LogP contribution in [0.4, 0.5) is 0 Å². The number of benzene rings is 2. The molecule has 0 aromatic heterocycles. The van der Waals surface area contributed by atoms with Gasteiger partial charge in [-0.05, 0) is 88.4 Å². The van der Waals surface area contributed by atoms with Gasteiger partial charge in [0, 0.05) is 25.7 Å². The Labute approximate surface area is 319 Å². The molecule has 0 aliphatic rings. The van der Waals surface area contributed by atoms with Crippen LogP contribution in [0, 0.1) is 0 Å². The number of allylic oxidation sites excluding steroid dienone is 2. The van der Waals surface area contributed by atoms with Crippen molar-refractivity contribution in [1.82, 2.24) is 21.3 Å². The summed E-state index contributed by atoms with van der Waals surface area (Å²) in [4.78, 5) is 76.1. The van der Waals surface area contributed by atoms with Gasteiger partial charge in [0.25, 0.3) is 0 Å². The van der Waals surface area contributed by atoms with Crippen molar-refractivity contribution in [2.24, 2.45) is 22.9 Å². The maximum absolute atomic E-state index is 13.2. The molecule has 14 nitrogen and oxygen atoms in total. The number of hydrogen-bond acceptors (Lipinski definition) is 8. The van der Waals surface area contributed by atoms with Gasteiger partial charge in [0.1, 0.15) is 24.2 Å². The summed E-state index contributed by atoms with van der Waals surface area (Å²) in [7, 11) is 0. The molecule has 6 amide bonds. The van der Waals surface area contributed by atoms with E-state index in [4.69, 9.17) is 22.9 Å². The van der Waals surface area contributed by atoms with Crippen LogP contribution < -0.4 is 44.2 Å². The number of primary amides is 2. The van der Waals surface area contributed by atoms with Crippen molar-refractivity contribution in [3.63, 3.8) is 0 Å². The second-order valence-electron chi connectivity index (χ2n) is 13.4. The van der Waals surface area contributed by atoms with E-state index in [0.29, 0.717) is 77.3 Å². The zero-order valence-corrected chi connectivity index (χ0v) is 31.3. The van der Waals surface area contributed by atoms with Gasteiger partial charge in [-0.15, -0.1) is 0 Å². The van der Waals surface area contributed by atoms with Crippen LogP contribution in [0.5, 0.6) is 0 Å². The Morgan fingerprint density at radius 3 is 1.20 bits per heavy atom. The molecule has 54 heavy (non-hydrogen) atoms. The van der Waals surface area contributed by atoms with E-state index in [-0.39, 0.29) is 37.5 Å². The Hall–Kier alpha value is -5.08. The summed E-state index contributed by atoms with van der Waals surface area (Å²) in [6.45, 7) is 0.934. The summed E-state index contributed by atoms with van der Waals surface area (Å²) in [6.07, 6.45) is 10.5. The minimum atomic E-state index is -0.887. The van der Waals surface area contributed by atoms with Gasteiger partial charge in [0.2, 0.25) is 35.4 Å². The third-order valence-electron chi connectivity index (χ3n) is 8.80. The molecule has 2 aromatic carbocycles. The fourth-order valence-corrected chi connectivity index (χ4v) is 5.75. The summed E-state index contributed by atoms with van der Waals surface area (Å²) in [5.74, 6) is -2.82. The summed E-state index contributed by atoms with van der Waals surface area (Å²) in [5, 5.41) is 11.0. The molecule has 0 aliphatic heterocycles. The lowest BCUT2D eigenvalue weighted by molar-refractivity contribution is -0.131. The van der Waals surface area contributed by atoms with E-state index in [2.05, 4.69) is 21.3 Å². The second-order valence-corrected chi connectivity index (χ2v) is 13.4. The van der Waals surface area contributed by atoms with Gasteiger partial charge in [-0.3, -0.25) is 28.8 Å². The second kappa shape index (κ2) is 26.6. The number of rotatable bonds is 28. The minimum absolute atomic E-state index is 0.190. The first-order valence-electron chi connectivity index (χ1n) is 18.9. The van der Waals surface area contributed by atoms with Gasteiger partial charge in [-0.25, -0.2) is 0 Å². The number of amides is 6. The monoisotopic (exact) mass is 748 g/mol. The van der Waals surface area contributed by atoms with E-state index >= 15 is 0 Å². The van der Waals surface area contributed by atoms with Crippen LogP contribution in [0.25, 0.3) is 0 Å². The molecular formula is C40H60N8O6. The van der Waals surface area contributed by atoms with Gasteiger partial charge >= 0.3 is 0 Å². The molecule has 14 heteroatoms. The first-order chi connectivity index (χ1) is 26.0. The molecule has 4 atom stereocenters. The summed E-state index contributed by atoms with van der Waals surface area (Å²) < 4.78 is 0. The number of carbonyl (C=O) groups is 6. The van der Waals surface area contributed by atoms with Crippen LogP contribution >= 0.6 is 0 Å². The number of nitrogens with one attached hydrogen (secondary N) is 4. The Bertz CT molecular complexity index is 1360. The van der Waals surface area contributed by atoms with Crippen molar-refractivity contribution in [3.05, 3.63) is 83.9 Å². The highest BCUT2D eigenvalue weighted by atomic mass is 16.2. The van der Waals surface area contributed by atoms with Gasteiger partial charge < -0.3 is 44.2 Å². The lowest BCUT2D eigenvalue weighted by Crippen LogP contribution is -2.53. The molecule has 0 unspecified atom stereocenters. The summed E-state index contributed by atoms with van der Waals surface area (Å²) in [5.41, 5.74) is 23.9.